The number of aromatic nitrogens is 3. The molecule has 2 rings (SSSR count). The Labute approximate surface area is 80.1 Å². The molecule has 0 fully saturated rings. The zero-order chi connectivity index (χ0) is 9.42. The van der Waals surface area contributed by atoms with Crippen molar-refractivity contribution in [3.8, 4) is 5.88 Å². The van der Waals surface area contributed by atoms with Crippen LogP contribution in [0.4, 0.5) is 0 Å². The summed E-state index contributed by atoms with van der Waals surface area (Å²) in [5.41, 5.74) is 1.49. The number of ether oxygens (including phenoxy) is 1. The van der Waals surface area contributed by atoms with E-state index in [1.807, 2.05) is 13.0 Å². The van der Waals surface area contributed by atoms with Gasteiger partial charge in [0.05, 0.1) is 12.8 Å². The van der Waals surface area contributed by atoms with Crippen molar-refractivity contribution < 1.29 is 4.74 Å². The van der Waals surface area contributed by atoms with Gasteiger partial charge in [0.15, 0.2) is 10.8 Å². The molecule has 0 spiro atoms. The maximum atomic E-state index is 5.95. The van der Waals surface area contributed by atoms with Crippen LogP contribution in [-0.4, -0.2) is 21.7 Å². The lowest BCUT2D eigenvalue weighted by Gasteiger charge is -1.98. The SMILES string of the molecule is COc1ccc2nc(C)c(Cl)n2n1. The fourth-order valence-corrected chi connectivity index (χ4v) is 1.28. The summed E-state index contributed by atoms with van der Waals surface area (Å²) in [5, 5.41) is 4.64. The average Bonchev–Trinajstić information content (AvgIpc) is 2.43. The molecule has 0 saturated carbocycles. The number of halogens is 1. The van der Waals surface area contributed by atoms with Crippen molar-refractivity contribution in [2.75, 3.05) is 7.11 Å². The van der Waals surface area contributed by atoms with E-state index in [9.17, 15) is 0 Å². The molecule has 0 unspecified atom stereocenters. The van der Waals surface area contributed by atoms with Gasteiger partial charge in [0.1, 0.15) is 0 Å². The van der Waals surface area contributed by atoms with E-state index in [0.717, 1.165) is 11.3 Å². The number of rotatable bonds is 1. The number of hydrogen-bond donors (Lipinski definition) is 0. The second-order valence-electron chi connectivity index (χ2n) is 2.63. The van der Waals surface area contributed by atoms with E-state index < -0.39 is 0 Å². The second-order valence-corrected chi connectivity index (χ2v) is 2.99. The molecule has 0 N–H and O–H groups in total. The largest absolute Gasteiger partial charge is 0.480 e. The van der Waals surface area contributed by atoms with Gasteiger partial charge in [0, 0.05) is 6.07 Å². The van der Waals surface area contributed by atoms with E-state index in [1.54, 1.807) is 17.7 Å². The van der Waals surface area contributed by atoms with E-state index in [1.165, 1.54) is 0 Å². The summed E-state index contributed by atoms with van der Waals surface area (Å²) in [5.74, 6) is 0.520. The van der Waals surface area contributed by atoms with E-state index in [2.05, 4.69) is 10.1 Å². The Morgan fingerprint density at radius 2 is 2.23 bits per heavy atom. The molecule has 68 valence electrons. The maximum Gasteiger partial charge on any atom is 0.231 e. The van der Waals surface area contributed by atoms with Gasteiger partial charge >= 0.3 is 0 Å². The van der Waals surface area contributed by atoms with Crippen molar-refractivity contribution in [3.05, 3.63) is 23.0 Å². The van der Waals surface area contributed by atoms with Gasteiger partial charge in [0.2, 0.25) is 5.88 Å². The topological polar surface area (TPSA) is 39.4 Å². The van der Waals surface area contributed by atoms with E-state index in [0.29, 0.717) is 11.0 Å². The summed E-state index contributed by atoms with van der Waals surface area (Å²) >= 11 is 5.95. The minimum absolute atomic E-state index is 0.520. The standard InChI is InChI=1S/C8H8ClN3O/c1-5-8(9)12-6(10-5)3-4-7(11-12)13-2/h3-4H,1-2H3. The van der Waals surface area contributed by atoms with Gasteiger partial charge in [-0.25, -0.2) is 4.98 Å². The second kappa shape index (κ2) is 2.88. The lowest BCUT2D eigenvalue weighted by molar-refractivity contribution is 0.390. The Balaban J connectivity index is 2.75. The number of nitrogens with zero attached hydrogens (tertiary/aromatic N) is 3. The van der Waals surface area contributed by atoms with Crippen LogP contribution in [0.25, 0.3) is 5.65 Å². The molecule has 2 heterocycles. The van der Waals surface area contributed by atoms with Crippen LogP contribution < -0.4 is 4.74 Å². The number of hydrogen-bond acceptors (Lipinski definition) is 3. The molecule has 0 saturated heterocycles. The van der Waals surface area contributed by atoms with Gasteiger partial charge < -0.3 is 4.74 Å². The highest BCUT2D eigenvalue weighted by Crippen LogP contribution is 2.17. The van der Waals surface area contributed by atoms with Gasteiger partial charge in [-0.05, 0) is 13.0 Å². The van der Waals surface area contributed by atoms with Crippen LogP contribution in [0.2, 0.25) is 5.15 Å². The molecular weight excluding hydrogens is 190 g/mol. The van der Waals surface area contributed by atoms with Crippen LogP contribution in [0.15, 0.2) is 12.1 Å². The predicted octanol–water partition coefficient (Wildman–Crippen LogP) is 1.70. The molecule has 0 aliphatic heterocycles. The Morgan fingerprint density at radius 1 is 1.46 bits per heavy atom. The highest BCUT2D eigenvalue weighted by atomic mass is 35.5. The van der Waals surface area contributed by atoms with E-state index in [-0.39, 0.29) is 0 Å². The molecule has 5 heteroatoms. The third-order valence-electron chi connectivity index (χ3n) is 1.77. The third kappa shape index (κ3) is 1.23. The van der Waals surface area contributed by atoms with Gasteiger partial charge in [-0.3, -0.25) is 0 Å². The lowest BCUT2D eigenvalue weighted by atomic mass is 10.5. The predicted molar refractivity (Wildman–Crippen MR) is 49.3 cm³/mol. The molecule has 0 atom stereocenters. The average molecular weight is 198 g/mol. The van der Waals surface area contributed by atoms with Crippen molar-refractivity contribution in [2.45, 2.75) is 6.92 Å². The van der Waals surface area contributed by atoms with Crippen LogP contribution in [-0.2, 0) is 0 Å². The summed E-state index contributed by atoms with van der Waals surface area (Å²) in [7, 11) is 1.56. The highest BCUT2D eigenvalue weighted by molar-refractivity contribution is 6.30. The first-order valence-corrected chi connectivity index (χ1v) is 4.16. The van der Waals surface area contributed by atoms with Crippen LogP contribution in [0.5, 0.6) is 5.88 Å². The van der Waals surface area contributed by atoms with Gasteiger partial charge in [-0.15, -0.1) is 5.10 Å². The Bertz CT molecular complexity index is 452. The van der Waals surface area contributed by atoms with Crippen molar-refractivity contribution in [1.82, 2.24) is 14.6 Å². The molecule has 0 bridgehead atoms. The number of imidazole rings is 1. The third-order valence-corrected chi connectivity index (χ3v) is 2.20. The zero-order valence-electron chi connectivity index (χ0n) is 7.28. The van der Waals surface area contributed by atoms with Crippen molar-refractivity contribution in [3.63, 3.8) is 0 Å². The van der Waals surface area contributed by atoms with Gasteiger partial charge in [-0.2, -0.15) is 4.52 Å². The van der Waals surface area contributed by atoms with Crippen molar-refractivity contribution in [2.24, 2.45) is 0 Å². The molecule has 2 aromatic heterocycles. The molecule has 0 aliphatic rings. The number of fused-ring (bicyclic) bond motifs is 1. The summed E-state index contributed by atoms with van der Waals surface area (Å²) < 4.78 is 6.52. The van der Waals surface area contributed by atoms with Crippen LogP contribution in [0, 0.1) is 6.92 Å². The van der Waals surface area contributed by atoms with Crippen molar-refractivity contribution >= 4 is 17.2 Å². The van der Waals surface area contributed by atoms with Crippen LogP contribution >= 0.6 is 11.6 Å². The summed E-state index contributed by atoms with van der Waals surface area (Å²) in [4.78, 5) is 4.20. The summed E-state index contributed by atoms with van der Waals surface area (Å²) in [6.45, 7) is 1.84. The normalized spacial score (nSPS) is 10.7. The van der Waals surface area contributed by atoms with E-state index >= 15 is 0 Å². The smallest absolute Gasteiger partial charge is 0.231 e. The quantitative estimate of drug-likeness (QED) is 0.699. The minimum atomic E-state index is 0.520. The first-order valence-electron chi connectivity index (χ1n) is 3.78. The zero-order valence-corrected chi connectivity index (χ0v) is 8.04. The van der Waals surface area contributed by atoms with Gasteiger partial charge in [-0.1, -0.05) is 11.6 Å². The summed E-state index contributed by atoms with van der Waals surface area (Å²) in [6.07, 6.45) is 0. The van der Waals surface area contributed by atoms with E-state index in [4.69, 9.17) is 16.3 Å². The molecule has 2 aromatic rings. The maximum absolute atomic E-state index is 5.95. The fraction of sp³-hybridized carbons (Fsp3) is 0.250. The number of aryl methyl sites for hydroxylation is 1. The first kappa shape index (κ1) is 8.31. The molecule has 0 aromatic carbocycles. The Kier molecular flexibility index (Phi) is 1.84. The van der Waals surface area contributed by atoms with Crippen LogP contribution in [0.3, 0.4) is 0 Å². The molecule has 0 amide bonds. The molecule has 13 heavy (non-hydrogen) atoms. The number of methoxy groups -OCH3 is 1. The van der Waals surface area contributed by atoms with Crippen molar-refractivity contribution in [1.29, 1.82) is 0 Å². The van der Waals surface area contributed by atoms with Gasteiger partial charge in [0.25, 0.3) is 0 Å². The monoisotopic (exact) mass is 197 g/mol. The minimum Gasteiger partial charge on any atom is -0.480 e. The summed E-state index contributed by atoms with van der Waals surface area (Å²) in [6, 6.07) is 3.56. The Morgan fingerprint density at radius 3 is 2.92 bits per heavy atom. The molecular formula is C8H8ClN3O. The first-order chi connectivity index (χ1) is 6.22. The fourth-order valence-electron chi connectivity index (χ4n) is 1.11. The highest BCUT2D eigenvalue weighted by Gasteiger charge is 2.07. The molecule has 4 nitrogen and oxygen atoms in total. The van der Waals surface area contributed by atoms with Crippen LogP contribution in [0.1, 0.15) is 5.69 Å². The lowest BCUT2D eigenvalue weighted by Crippen LogP contribution is -1.95. The molecule has 0 aliphatic carbocycles. The Hall–Kier alpha value is -1.29. The molecule has 0 radical (unpaired) electrons.